The highest BCUT2D eigenvalue weighted by Gasteiger charge is 2.23. The minimum absolute atomic E-state index is 0.0162. The summed E-state index contributed by atoms with van der Waals surface area (Å²) >= 11 is 5.49. The zero-order valence-electron chi connectivity index (χ0n) is 9.83. The first kappa shape index (κ1) is 13.3. The molecule has 2 amide bonds. The number of likely N-dealkylation sites (tertiary alicyclic amines) is 1. The predicted molar refractivity (Wildman–Crippen MR) is 63.3 cm³/mol. The average molecular weight is 247 g/mol. The van der Waals surface area contributed by atoms with E-state index in [1.165, 1.54) is 0 Å². The van der Waals surface area contributed by atoms with Crippen molar-refractivity contribution in [1.29, 1.82) is 0 Å². The smallest absolute Gasteiger partial charge is 0.237 e. The molecule has 0 bridgehead atoms. The molecule has 0 aliphatic carbocycles. The van der Waals surface area contributed by atoms with Crippen molar-refractivity contribution in [1.82, 2.24) is 10.2 Å². The molecule has 1 heterocycles. The molecule has 1 aliphatic rings. The van der Waals surface area contributed by atoms with E-state index in [9.17, 15) is 9.59 Å². The maximum absolute atomic E-state index is 11.5. The van der Waals surface area contributed by atoms with E-state index in [0.717, 1.165) is 12.8 Å². The Morgan fingerprint density at radius 2 is 1.94 bits per heavy atom. The fourth-order valence-electron chi connectivity index (χ4n) is 1.73. The quantitative estimate of drug-likeness (QED) is 0.755. The molecule has 1 rings (SSSR count). The molecule has 4 nitrogen and oxygen atoms in total. The molecule has 0 saturated carbocycles. The van der Waals surface area contributed by atoms with Crippen LogP contribution in [0.4, 0.5) is 0 Å². The van der Waals surface area contributed by atoms with E-state index in [1.807, 2.05) is 13.8 Å². The van der Waals surface area contributed by atoms with E-state index < -0.39 is 0 Å². The summed E-state index contributed by atoms with van der Waals surface area (Å²) in [7, 11) is 0. The predicted octanol–water partition coefficient (Wildman–Crippen LogP) is 0.988. The molecule has 1 N–H and O–H groups in total. The van der Waals surface area contributed by atoms with E-state index in [2.05, 4.69) is 5.32 Å². The van der Waals surface area contributed by atoms with Gasteiger partial charge >= 0.3 is 0 Å². The van der Waals surface area contributed by atoms with Gasteiger partial charge in [-0.3, -0.25) is 9.59 Å². The van der Waals surface area contributed by atoms with Crippen LogP contribution in [-0.4, -0.2) is 41.7 Å². The Morgan fingerprint density at radius 3 is 2.38 bits per heavy atom. The second-order valence-electron chi connectivity index (χ2n) is 4.45. The van der Waals surface area contributed by atoms with Gasteiger partial charge in [0.15, 0.2) is 0 Å². The Balaban J connectivity index is 2.32. The second kappa shape index (κ2) is 6.09. The van der Waals surface area contributed by atoms with Crippen molar-refractivity contribution >= 4 is 23.4 Å². The maximum Gasteiger partial charge on any atom is 0.237 e. The van der Waals surface area contributed by atoms with Gasteiger partial charge in [0.2, 0.25) is 11.8 Å². The Morgan fingerprint density at radius 1 is 1.38 bits per heavy atom. The maximum atomic E-state index is 11.5. The van der Waals surface area contributed by atoms with E-state index >= 15 is 0 Å². The largest absolute Gasteiger partial charge is 0.353 e. The van der Waals surface area contributed by atoms with Crippen molar-refractivity contribution in [3.05, 3.63) is 0 Å². The summed E-state index contributed by atoms with van der Waals surface area (Å²) in [5.74, 6) is 0.128. The lowest BCUT2D eigenvalue weighted by atomic mass is 10.0. The van der Waals surface area contributed by atoms with Crippen LogP contribution in [0.2, 0.25) is 0 Å². The topological polar surface area (TPSA) is 49.4 Å². The summed E-state index contributed by atoms with van der Waals surface area (Å²) in [6.45, 7) is 5.13. The summed E-state index contributed by atoms with van der Waals surface area (Å²) in [4.78, 5) is 24.5. The lowest BCUT2D eigenvalue weighted by Gasteiger charge is -2.32. The van der Waals surface area contributed by atoms with Crippen LogP contribution >= 0.6 is 11.6 Å². The molecule has 0 aromatic carbocycles. The standard InChI is InChI=1S/C11H19ClN2O2/c1-8(2)11(16)13-9-3-5-14(6-4-9)10(15)7-12/h8-9H,3-7H2,1-2H3,(H,13,16). The third-order valence-corrected chi connectivity index (χ3v) is 3.06. The number of amides is 2. The minimum atomic E-state index is -0.0182. The second-order valence-corrected chi connectivity index (χ2v) is 4.72. The van der Waals surface area contributed by atoms with E-state index in [0.29, 0.717) is 13.1 Å². The van der Waals surface area contributed by atoms with Crippen molar-refractivity contribution < 1.29 is 9.59 Å². The summed E-state index contributed by atoms with van der Waals surface area (Å²) in [5.41, 5.74) is 0. The van der Waals surface area contributed by atoms with Gasteiger partial charge in [0.25, 0.3) is 0 Å². The van der Waals surface area contributed by atoms with Crippen LogP contribution in [0, 0.1) is 5.92 Å². The summed E-state index contributed by atoms with van der Waals surface area (Å²) < 4.78 is 0. The molecule has 1 aliphatic heterocycles. The molecule has 5 heteroatoms. The van der Waals surface area contributed by atoms with Crippen LogP contribution < -0.4 is 5.32 Å². The van der Waals surface area contributed by atoms with Crippen LogP contribution in [0.3, 0.4) is 0 Å². The van der Waals surface area contributed by atoms with Gasteiger partial charge in [-0.15, -0.1) is 11.6 Å². The minimum Gasteiger partial charge on any atom is -0.353 e. The number of nitrogens with zero attached hydrogens (tertiary/aromatic N) is 1. The molecule has 16 heavy (non-hydrogen) atoms. The van der Waals surface area contributed by atoms with Gasteiger partial charge in [-0.2, -0.15) is 0 Å². The number of piperidine rings is 1. The summed E-state index contributed by atoms with van der Waals surface area (Å²) in [6, 6.07) is 0.203. The number of rotatable bonds is 3. The molecule has 0 unspecified atom stereocenters. The normalized spacial score (nSPS) is 17.6. The van der Waals surface area contributed by atoms with Crippen LogP contribution in [0.15, 0.2) is 0 Å². The Kier molecular flexibility index (Phi) is 5.06. The van der Waals surface area contributed by atoms with Gasteiger partial charge in [-0.25, -0.2) is 0 Å². The zero-order chi connectivity index (χ0) is 12.1. The third kappa shape index (κ3) is 3.67. The molecular weight excluding hydrogens is 228 g/mol. The molecule has 0 aromatic heterocycles. The molecular formula is C11H19ClN2O2. The van der Waals surface area contributed by atoms with Gasteiger partial charge in [0.05, 0.1) is 0 Å². The fraction of sp³-hybridized carbons (Fsp3) is 0.818. The van der Waals surface area contributed by atoms with Crippen molar-refractivity contribution in [3.63, 3.8) is 0 Å². The lowest BCUT2D eigenvalue weighted by Crippen LogP contribution is -2.47. The van der Waals surface area contributed by atoms with Crippen LogP contribution in [0.25, 0.3) is 0 Å². The van der Waals surface area contributed by atoms with Gasteiger partial charge in [0, 0.05) is 25.0 Å². The van der Waals surface area contributed by atoms with Gasteiger partial charge in [-0.05, 0) is 12.8 Å². The number of hydrogen-bond donors (Lipinski definition) is 1. The molecule has 0 atom stereocenters. The lowest BCUT2D eigenvalue weighted by molar-refractivity contribution is -0.129. The van der Waals surface area contributed by atoms with Crippen LogP contribution in [0.5, 0.6) is 0 Å². The molecule has 0 radical (unpaired) electrons. The zero-order valence-corrected chi connectivity index (χ0v) is 10.6. The monoisotopic (exact) mass is 246 g/mol. The highest BCUT2D eigenvalue weighted by atomic mass is 35.5. The average Bonchev–Trinajstić information content (AvgIpc) is 2.28. The third-order valence-electron chi connectivity index (χ3n) is 2.83. The highest BCUT2D eigenvalue weighted by Crippen LogP contribution is 2.11. The Bertz CT molecular complexity index is 261. The molecule has 0 spiro atoms. The van der Waals surface area contributed by atoms with Gasteiger partial charge < -0.3 is 10.2 Å². The molecule has 1 saturated heterocycles. The van der Waals surface area contributed by atoms with E-state index in [4.69, 9.17) is 11.6 Å². The number of halogens is 1. The summed E-state index contributed by atoms with van der Waals surface area (Å²) in [5, 5.41) is 2.99. The van der Waals surface area contributed by atoms with Gasteiger partial charge in [0.1, 0.15) is 5.88 Å². The number of carbonyl (C=O) groups excluding carboxylic acids is 2. The SMILES string of the molecule is CC(C)C(=O)NC1CCN(C(=O)CCl)CC1. The number of hydrogen-bond acceptors (Lipinski definition) is 2. The van der Waals surface area contributed by atoms with Crippen molar-refractivity contribution in [2.75, 3.05) is 19.0 Å². The summed E-state index contributed by atoms with van der Waals surface area (Å²) in [6.07, 6.45) is 1.64. The number of nitrogens with one attached hydrogen (secondary N) is 1. The first-order chi connectivity index (χ1) is 7.54. The molecule has 0 aromatic rings. The van der Waals surface area contributed by atoms with Crippen LogP contribution in [0.1, 0.15) is 26.7 Å². The van der Waals surface area contributed by atoms with Gasteiger partial charge in [-0.1, -0.05) is 13.8 Å². The van der Waals surface area contributed by atoms with Crippen molar-refractivity contribution in [2.24, 2.45) is 5.92 Å². The van der Waals surface area contributed by atoms with E-state index in [1.54, 1.807) is 4.90 Å². The number of carbonyl (C=O) groups is 2. The van der Waals surface area contributed by atoms with Crippen molar-refractivity contribution in [2.45, 2.75) is 32.7 Å². The highest BCUT2D eigenvalue weighted by molar-refractivity contribution is 6.27. The van der Waals surface area contributed by atoms with Crippen LogP contribution in [-0.2, 0) is 9.59 Å². The molecule has 92 valence electrons. The van der Waals surface area contributed by atoms with E-state index in [-0.39, 0.29) is 29.7 Å². The first-order valence-electron chi connectivity index (χ1n) is 5.68. The Hall–Kier alpha value is -0.770. The number of alkyl halides is 1. The fourth-order valence-corrected chi connectivity index (χ4v) is 1.89. The first-order valence-corrected chi connectivity index (χ1v) is 6.22. The molecule has 1 fully saturated rings. The van der Waals surface area contributed by atoms with Crippen molar-refractivity contribution in [3.8, 4) is 0 Å². The Labute approximate surface area is 101 Å².